The highest BCUT2D eigenvalue weighted by Crippen LogP contribution is 2.09. The minimum Gasteiger partial charge on any atom is -0.355 e. The molecule has 0 atom stereocenters. The molecule has 3 heteroatoms. The van der Waals surface area contributed by atoms with Crippen LogP contribution in [0.25, 0.3) is 0 Å². The summed E-state index contributed by atoms with van der Waals surface area (Å²) in [5.41, 5.74) is 3.87. The van der Waals surface area contributed by atoms with Crippen molar-refractivity contribution >= 4 is 5.82 Å². The van der Waals surface area contributed by atoms with Crippen LogP contribution >= 0.6 is 0 Å². The van der Waals surface area contributed by atoms with Gasteiger partial charge >= 0.3 is 0 Å². The number of benzene rings is 1. The van der Waals surface area contributed by atoms with Gasteiger partial charge in [0, 0.05) is 6.20 Å². The van der Waals surface area contributed by atoms with Crippen LogP contribution in [0.15, 0.2) is 54.7 Å². The van der Waals surface area contributed by atoms with Crippen LogP contribution in [0, 0.1) is 0 Å². The molecule has 1 radical (unpaired) electrons. The summed E-state index contributed by atoms with van der Waals surface area (Å²) >= 11 is 0. The molecule has 2 rings (SSSR count). The second-order valence-corrected chi connectivity index (χ2v) is 2.68. The standard InChI is InChI=1S/C11H9N2O/c1-2-6-10(7-3-1)14-13-11-8-4-5-9-12-11/h1-9H. The van der Waals surface area contributed by atoms with Gasteiger partial charge in [-0.15, -0.1) is 0 Å². The molecule has 1 aromatic carbocycles. The van der Waals surface area contributed by atoms with E-state index in [1.807, 2.05) is 42.5 Å². The van der Waals surface area contributed by atoms with Crippen LogP contribution in [0.5, 0.6) is 5.75 Å². The lowest BCUT2D eigenvalue weighted by Gasteiger charge is -2.01. The second-order valence-electron chi connectivity index (χ2n) is 2.68. The zero-order valence-electron chi connectivity index (χ0n) is 7.50. The van der Waals surface area contributed by atoms with Gasteiger partial charge in [-0.2, -0.15) is 0 Å². The summed E-state index contributed by atoms with van der Waals surface area (Å²) < 4.78 is 0. The minimum absolute atomic E-state index is 0.566. The predicted molar refractivity (Wildman–Crippen MR) is 53.1 cm³/mol. The van der Waals surface area contributed by atoms with Gasteiger partial charge in [-0.3, -0.25) is 0 Å². The Morgan fingerprint density at radius 2 is 1.71 bits per heavy atom. The van der Waals surface area contributed by atoms with Crippen molar-refractivity contribution in [2.24, 2.45) is 0 Å². The van der Waals surface area contributed by atoms with Gasteiger partial charge in [0.15, 0.2) is 11.6 Å². The van der Waals surface area contributed by atoms with Crippen LogP contribution in [0.3, 0.4) is 0 Å². The fraction of sp³-hybridized carbons (Fsp3) is 0. The van der Waals surface area contributed by atoms with E-state index in [1.165, 1.54) is 0 Å². The molecule has 0 unspecified atom stereocenters. The Morgan fingerprint density at radius 3 is 2.43 bits per heavy atom. The maximum Gasteiger partial charge on any atom is 0.191 e. The van der Waals surface area contributed by atoms with Gasteiger partial charge in [0.1, 0.15) is 0 Å². The van der Waals surface area contributed by atoms with Crippen molar-refractivity contribution in [3.63, 3.8) is 0 Å². The quantitative estimate of drug-likeness (QED) is 0.688. The number of rotatable bonds is 3. The van der Waals surface area contributed by atoms with E-state index in [-0.39, 0.29) is 0 Å². The minimum atomic E-state index is 0.566. The van der Waals surface area contributed by atoms with E-state index in [4.69, 9.17) is 4.84 Å². The third-order valence-electron chi connectivity index (χ3n) is 1.64. The Labute approximate surface area is 82.3 Å². The van der Waals surface area contributed by atoms with Crippen LogP contribution in [0.4, 0.5) is 5.82 Å². The van der Waals surface area contributed by atoms with Crippen LogP contribution in [0.2, 0.25) is 0 Å². The van der Waals surface area contributed by atoms with Gasteiger partial charge in [0.25, 0.3) is 0 Å². The monoisotopic (exact) mass is 185 g/mol. The zero-order chi connectivity index (χ0) is 9.64. The summed E-state index contributed by atoms with van der Waals surface area (Å²) in [6, 6.07) is 14.9. The lowest BCUT2D eigenvalue weighted by Crippen LogP contribution is -2.04. The topological polar surface area (TPSA) is 36.2 Å². The molecule has 69 valence electrons. The maximum atomic E-state index is 5.15. The molecule has 2 aromatic rings. The fourth-order valence-corrected chi connectivity index (χ4v) is 0.989. The fourth-order valence-electron chi connectivity index (χ4n) is 0.989. The Morgan fingerprint density at radius 1 is 0.929 bits per heavy atom. The first kappa shape index (κ1) is 8.56. The smallest absolute Gasteiger partial charge is 0.191 e. The Hall–Kier alpha value is -2.03. The highest BCUT2D eigenvalue weighted by molar-refractivity contribution is 5.25. The van der Waals surface area contributed by atoms with Crippen molar-refractivity contribution in [1.82, 2.24) is 10.5 Å². The van der Waals surface area contributed by atoms with Crippen molar-refractivity contribution < 1.29 is 4.84 Å². The molecule has 0 fully saturated rings. The van der Waals surface area contributed by atoms with Crippen molar-refractivity contribution in [2.75, 3.05) is 0 Å². The molecule has 0 saturated carbocycles. The molecule has 1 heterocycles. The largest absolute Gasteiger partial charge is 0.355 e. The third kappa shape index (κ3) is 2.23. The molecular weight excluding hydrogens is 176 g/mol. The van der Waals surface area contributed by atoms with Crippen LogP contribution in [0.1, 0.15) is 0 Å². The van der Waals surface area contributed by atoms with E-state index in [0.29, 0.717) is 11.6 Å². The molecule has 0 bridgehead atoms. The first-order chi connectivity index (χ1) is 6.95. The van der Waals surface area contributed by atoms with E-state index in [9.17, 15) is 0 Å². The predicted octanol–water partition coefficient (Wildman–Crippen LogP) is 2.31. The maximum absolute atomic E-state index is 5.15. The summed E-state index contributed by atoms with van der Waals surface area (Å²) in [6.45, 7) is 0. The van der Waals surface area contributed by atoms with E-state index in [0.717, 1.165) is 0 Å². The summed E-state index contributed by atoms with van der Waals surface area (Å²) in [4.78, 5) is 9.16. The second kappa shape index (κ2) is 4.28. The van der Waals surface area contributed by atoms with Gasteiger partial charge in [0.2, 0.25) is 0 Å². The highest BCUT2D eigenvalue weighted by atomic mass is 16.6. The average molecular weight is 185 g/mol. The van der Waals surface area contributed by atoms with Gasteiger partial charge in [0.05, 0.1) is 0 Å². The normalized spacial score (nSPS) is 9.43. The molecule has 0 spiro atoms. The summed E-state index contributed by atoms with van der Waals surface area (Å²) in [5.74, 6) is 1.27. The molecule has 0 aliphatic heterocycles. The summed E-state index contributed by atoms with van der Waals surface area (Å²) in [5, 5.41) is 0. The third-order valence-corrected chi connectivity index (χ3v) is 1.64. The first-order valence-electron chi connectivity index (χ1n) is 4.29. The van der Waals surface area contributed by atoms with Crippen LogP contribution in [-0.2, 0) is 0 Å². The van der Waals surface area contributed by atoms with E-state index < -0.39 is 0 Å². The highest BCUT2D eigenvalue weighted by Gasteiger charge is 1.95. The number of para-hydroxylation sites is 1. The molecular formula is C11H9N2O. The van der Waals surface area contributed by atoms with E-state index in [2.05, 4.69) is 10.5 Å². The molecule has 0 amide bonds. The molecule has 1 aromatic heterocycles. The van der Waals surface area contributed by atoms with Gasteiger partial charge < -0.3 is 4.84 Å². The van der Waals surface area contributed by atoms with Crippen molar-refractivity contribution in [3.8, 4) is 5.75 Å². The average Bonchev–Trinajstić information content (AvgIpc) is 2.29. The molecule has 0 N–H and O–H groups in total. The number of nitrogens with zero attached hydrogens (tertiary/aromatic N) is 2. The summed E-state index contributed by atoms with van der Waals surface area (Å²) in [6.07, 6.45) is 1.67. The van der Waals surface area contributed by atoms with Crippen LogP contribution < -0.4 is 10.3 Å². The molecule has 3 nitrogen and oxygen atoms in total. The van der Waals surface area contributed by atoms with Crippen molar-refractivity contribution in [3.05, 3.63) is 54.7 Å². The first-order valence-corrected chi connectivity index (χ1v) is 4.29. The van der Waals surface area contributed by atoms with Gasteiger partial charge in [-0.25, -0.2) is 4.98 Å². The Balaban J connectivity index is 1.96. The molecule has 0 aliphatic rings. The summed E-state index contributed by atoms with van der Waals surface area (Å²) in [7, 11) is 0. The lowest BCUT2D eigenvalue weighted by molar-refractivity contribution is 0.236. The SMILES string of the molecule is c1ccc(O[N]c2ccccn2)cc1. The lowest BCUT2D eigenvalue weighted by atomic mass is 10.3. The van der Waals surface area contributed by atoms with Gasteiger partial charge in [-0.05, 0) is 24.3 Å². The van der Waals surface area contributed by atoms with Crippen molar-refractivity contribution in [1.29, 1.82) is 0 Å². The van der Waals surface area contributed by atoms with E-state index >= 15 is 0 Å². The number of pyridine rings is 1. The number of hydrogen-bond donors (Lipinski definition) is 0. The number of aromatic nitrogens is 1. The zero-order valence-corrected chi connectivity index (χ0v) is 7.50. The molecule has 14 heavy (non-hydrogen) atoms. The van der Waals surface area contributed by atoms with Crippen LogP contribution in [-0.4, -0.2) is 4.98 Å². The Bertz CT molecular complexity index is 336. The van der Waals surface area contributed by atoms with Crippen molar-refractivity contribution in [2.45, 2.75) is 0 Å². The molecule has 0 saturated heterocycles. The van der Waals surface area contributed by atoms with Gasteiger partial charge in [-0.1, -0.05) is 29.7 Å². The Kier molecular flexibility index (Phi) is 2.62. The molecule has 0 aliphatic carbocycles. The van der Waals surface area contributed by atoms with E-state index in [1.54, 1.807) is 12.3 Å². The number of hydrogen-bond acceptors (Lipinski definition) is 2.